The summed E-state index contributed by atoms with van der Waals surface area (Å²) in [5, 5.41) is 4.28. The number of nitrogens with zero attached hydrogens (tertiary/aromatic N) is 1. The maximum Gasteiger partial charge on any atom is 0.220 e. The summed E-state index contributed by atoms with van der Waals surface area (Å²) in [6.45, 7) is 3.94. The van der Waals surface area contributed by atoms with Crippen molar-refractivity contribution in [2.75, 3.05) is 33.3 Å². The molecular formula is C24H29N3O2. The molecule has 1 aliphatic rings. The second-order valence-corrected chi connectivity index (χ2v) is 7.72. The minimum Gasteiger partial charge on any atom is -0.497 e. The number of hydrogen-bond donors (Lipinski definition) is 2. The lowest BCUT2D eigenvalue weighted by atomic mass is 9.88. The molecule has 152 valence electrons. The van der Waals surface area contributed by atoms with Gasteiger partial charge in [0, 0.05) is 42.5 Å². The summed E-state index contributed by atoms with van der Waals surface area (Å²) in [5.74, 6) is 0.858. The van der Waals surface area contributed by atoms with Gasteiger partial charge in [0.25, 0.3) is 0 Å². The Hall–Kier alpha value is -2.79. The van der Waals surface area contributed by atoms with E-state index in [1.54, 1.807) is 7.11 Å². The van der Waals surface area contributed by atoms with Crippen molar-refractivity contribution in [2.24, 2.45) is 0 Å². The third-order valence-electron chi connectivity index (χ3n) is 5.83. The van der Waals surface area contributed by atoms with Crippen LogP contribution in [0, 0.1) is 0 Å². The number of nitrogens with one attached hydrogen (secondary N) is 2. The van der Waals surface area contributed by atoms with Gasteiger partial charge in [-0.3, -0.25) is 4.79 Å². The van der Waals surface area contributed by atoms with Crippen LogP contribution in [-0.4, -0.2) is 49.1 Å². The fraction of sp³-hybridized carbons (Fsp3) is 0.375. The van der Waals surface area contributed by atoms with E-state index in [1.165, 1.54) is 12.8 Å². The number of methoxy groups -OCH3 is 1. The van der Waals surface area contributed by atoms with Crippen LogP contribution < -0.4 is 10.1 Å². The number of rotatable bonds is 8. The molecule has 5 nitrogen and oxygen atoms in total. The number of carbonyl (C=O) groups excluding carboxylic acids is 1. The Morgan fingerprint density at radius 2 is 2.00 bits per heavy atom. The highest BCUT2D eigenvalue weighted by Crippen LogP contribution is 2.34. The molecule has 2 N–H and O–H groups in total. The van der Waals surface area contributed by atoms with E-state index in [0.29, 0.717) is 13.0 Å². The number of amides is 1. The molecule has 0 radical (unpaired) electrons. The number of fused-ring (bicyclic) bond motifs is 1. The number of ether oxygens (including phenoxy) is 1. The molecule has 3 aromatic rings. The topological polar surface area (TPSA) is 57.4 Å². The normalized spacial score (nSPS) is 15.5. The molecule has 1 aromatic heterocycles. The van der Waals surface area contributed by atoms with Gasteiger partial charge in [-0.05, 0) is 55.3 Å². The van der Waals surface area contributed by atoms with Crippen molar-refractivity contribution in [3.8, 4) is 5.75 Å². The first-order chi connectivity index (χ1) is 14.2. The lowest BCUT2D eigenvalue weighted by Crippen LogP contribution is -2.34. The molecule has 1 saturated heterocycles. The van der Waals surface area contributed by atoms with Gasteiger partial charge in [0.2, 0.25) is 5.91 Å². The van der Waals surface area contributed by atoms with Crippen molar-refractivity contribution < 1.29 is 9.53 Å². The molecule has 0 bridgehead atoms. The number of benzene rings is 2. The van der Waals surface area contributed by atoms with Gasteiger partial charge in [-0.1, -0.05) is 30.3 Å². The Morgan fingerprint density at radius 3 is 2.83 bits per heavy atom. The van der Waals surface area contributed by atoms with Gasteiger partial charge in [0.15, 0.2) is 0 Å². The summed E-state index contributed by atoms with van der Waals surface area (Å²) in [6.07, 6.45) is 4.99. The Kier molecular flexibility index (Phi) is 6.15. The summed E-state index contributed by atoms with van der Waals surface area (Å²) in [4.78, 5) is 18.6. The zero-order valence-electron chi connectivity index (χ0n) is 17.0. The zero-order chi connectivity index (χ0) is 20.1. The Morgan fingerprint density at radius 1 is 1.17 bits per heavy atom. The molecule has 2 aromatic carbocycles. The van der Waals surface area contributed by atoms with Crippen molar-refractivity contribution in [3.63, 3.8) is 0 Å². The van der Waals surface area contributed by atoms with Gasteiger partial charge in [0.1, 0.15) is 5.75 Å². The van der Waals surface area contributed by atoms with Crippen LogP contribution in [0.1, 0.15) is 36.3 Å². The molecule has 1 fully saturated rings. The number of hydrogen-bond acceptors (Lipinski definition) is 3. The average Bonchev–Trinajstić information content (AvgIpc) is 3.42. The SMILES string of the molecule is COc1cccc([C@H](CC(=O)NCCN2CCCC2)c2c[nH]c3ccccc23)c1. The Balaban J connectivity index is 1.54. The van der Waals surface area contributed by atoms with Crippen molar-refractivity contribution >= 4 is 16.8 Å². The summed E-state index contributed by atoms with van der Waals surface area (Å²) < 4.78 is 5.42. The zero-order valence-corrected chi connectivity index (χ0v) is 17.0. The first kappa shape index (κ1) is 19.5. The Labute approximate surface area is 172 Å². The highest BCUT2D eigenvalue weighted by Gasteiger charge is 2.22. The molecule has 0 saturated carbocycles. The van der Waals surface area contributed by atoms with E-state index in [0.717, 1.165) is 47.4 Å². The highest BCUT2D eigenvalue weighted by molar-refractivity contribution is 5.86. The number of aromatic amines is 1. The first-order valence-electron chi connectivity index (χ1n) is 10.4. The smallest absolute Gasteiger partial charge is 0.220 e. The predicted molar refractivity (Wildman–Crippen MR) is 116 cm³/mol. The minimum absolute atomic E-state index is 0.0342. The van der Waals surface area contributed by atoms with Crippen LogP contribution in [0.15, 0.2) is 54.7 Å². The van der Waals surface area contributed by atoms with Crippen LogP contribution in [0.25, 0.3) is 10.9 Å². The summed E-state index contributed by atoms with van der Waals surface area (Å²) in [7, 11) is 1.67. The maximum atomic E-state index is 12.8. The molecule has 1 atom stereocenters. The predicted octanol–water partition coefficient (Wildman–Crippen LogP) is 3.91. The quantitative estimate of drug-likeness (QED) is 0.612. The monoisotopic (exact) mass is 391 g/mol. The number of aromatic nitrogens is 1. The standard InChI is InChI=1S/C24H29N3O2/c1-29-19-8-6-7-18(15-19)21(22-17-26-23-10-3-2-9-20(22)23)16-24(28)25-11-14-27-12-4-5-13-27/h2-3,6-10,15,17,21,26H,4-5,11-14,16H2,1H3,(H,25,28)/t21-/m0/s1. The molecule has 0 aliphatic carbocycles. The lowest BCUT2D eigenvalue weighted by molar-refractivity contribution is -0.121. The van der Waals surface area contributed by atoms with Gasteiger partial charge in [0.05, 0.1) is 7.11 Å². The number of H-pyrrole nitrogens is 1. The second-order valence-electron chi connectivity index (χ2n) is 7.72. The van der Waals surface area contributed by atoms with Crippen molar-refractivity contribution in [1.29, 1.82) is 0 Å². The van der Waals surface area contributed by atoms with Crippen molar-refractivity contribution in [2.45, 2.75) is 25.2 Å². The summed E-state index contributed by atoms with van der Waals surface area (Å²) in [5.41, 5.74) is 3.32. The fourth-order valence-corrected chi connectivity index (χ4v) is 4.27. The number of likely N-dealkylation sites (tertiary alicyclic amines) is 1. The van der Waals surface area contributed by atoms with Crippen LogP contribution in [0.3, 0.4) is 0 Å². The largest absolute Gasteiger partial charge is 0.497 e. The van der Waals surface area contributed by atoms with E-state index < -0.39 is 0 Å². The van der Waals surface area contributed by atoms with Crippen LogP contribution >= 0.6 is 0 Å². The highest BCUT2D eigenvalue weighted by atomic mass is 16.5. The molecule has 1 aliphatic heterocycles. The van der Waals surface area contributed by atoms with Gasteiger partial charge < -0.3 is 19.9 Å². The Bertz CT molecular complexity index is 959. The van der Waals surface area contributed by atoms with Crippen molar-refractivity contribution in [3.05, 3.63) is 65.9 Å². The van der Waals surface area contributed by atoms with Crippen LogP contribution in [0.5, 0.6) is 5.75 Å². The van der Waals surface area contributed by atoms with E-state index in [1.807, 2.05) is 36.5 Å². The third kappa shape index (κ3) is 4.62. The van der Waals surface area contributed by atoms with E-state index >= 15 is 0 Å². The average molecular weight is 392 g/mol. The summed E-state index contributed by atoms with van der Waals surface area (Å²) in [6, 6.07) is 16.3. The van der Waals surface area contributed by atoms with E-state index in [-0.39, 0.29) is 11.8 Å². The fourth-order valence-electron chi connectivity index (χ4n) is 4.27. The minimum atomic E-state index is -0.0342. The molecule has 1 amide bonds. The lowest BCUT2D eigenvalue weighted by Gasteiger charge is -2.19. The molecular weight excluding hydrogens is 362 g/mol. The summed E-state index contributed by atoms with van der Waals surface area (Å²) >= 11 is 0. The number of para-hydroxylation sites is 1. The van der Waals surface area contributed by atoms with E-state index in [2.05, 4.69) is 33.4 Å². The van der Waals surface area contributed by atoms with Crippen molar-refractivity contribution in [1.82, 2.24) is 15.2 Å². The van der Waals surface area contributed by atoms with Crippen LogP contribution in [-0.2, 0) is 4.79 Å². The van der Waals surface area contributed by atoms with Gasteiger partial charge in [-0.15, -0.1) is 0 Å². The first-order valence-corrected chi connectivity index (χ1v) is 10.4. The third-order valence-corrected chi connectivity index (χ3v) is 5.83. The van der Waals surface area contributed by atoms with Crippen LogP contribution in [0.4, 0.5) is 0 Å². The van der Waals surface area contributed by atoms with Gasteiger partial charge in [-0.2, -0.15) is 0 Å². The molecule has 0 spiro atoms. The molecule has 2 heterocycles. The molecule has 4 rings (SSSR count). The molecule has 0 unspecified atom stereocenters. The molecule has 29 heavy (non-hydrogen) atoms. The number of carbonyl (C=O) groups is 1. The van der Waals surface area contributed by atoms with E-state index in [9.17, 15) is 4.79 Å². The van der Waals surface area contributed by atoms with E-state index in [4.69, 9.17) is 4.74 Å². The van der Waals surface area contributed by atoms with Crippen LogP contribution in [0.2, 0.25) is 0 Å². The van der Waals surface area contributed by atoms with Gasteiger partial charge in [-0.25, -0.2) is 0 Å². The molecule has 5 heteroatoms. The second kappa shape index (κ2) is 9.14. The maximum absolute atomic E-state index is 12.8. The van der Waals surface area contributed by atoms with Gasteiger partial charge >= 0.3 is 0 Å².